The van der Waals surface area contributed by atoms with E-state index in [1.54, 1.807) is 12.4 Å². The molecule has 0 saturated heterocycles. The molecule has 0 aliphatic carbocycles. The van der Waals surface area contributed by atoms with Crippen molar-refractivity contribution in [1.82, 2.24) is 10.3 Å². The minimum atomic E-state index is 0.0560. The standard InChI is InChI=1S/C8H12N4/c1-11-3-6-2-7(8(9)10)5-12-4-6/h2,4-5,11H,3H2,1H3,(H3,9,10). The van der Waals surface area contributed by atoms with Crippen molar-refractivity contribution in [3.05, 3.63) is 29.6 Å². The van der Waals surface area contributed by atoms with Gasteiger partial charge in [-0.2, -0.15) is 0 Å². The summed E-state index contributed by atoms with van der Waals surface area (Å²) in [5.74, 6) is 0.0560. The Morgan fingerprint density at radius 3 is 3.00 bits per heavy atom. The Kier molecular flexibility index (Phi) is 2.76. The average Bonchev–Trinajstić information content (AvgIpc) is 2.05. The van der Waals surface area contributed by atoms with Crippen molar-refractivity contribution in [2.24, 2.45) is 5.73 Å². The third kappa shape index (κ3) is 2.03. The van der Waals surface area contributed by atoms with Crippen LogP contribution in [0.3, 0.4) is 0 Å². The molecule has 4 heteroatoms. The highest BCUT2D eigenvalue weighted by Gasteiger charge is 1.97. The van der Waals surface area contributed by atoms with Crippen LogP contribution in [0.1, 0.15) is 11.1 Å². The third-order valence-electron chi connectivity index (χ3n) is 1.49. The number of aromatic nitrogens is 1. The van der Waals surface area contributed by atoms with Crippen LogP contribution in [-0.4, -0.2) is 17.9 Å². The van der Waals surface area contributed by atoms with Crippen molar-refractivity contribution in [3.8, 4) is 0 Å². The van der Waals surface area contributed by atoms with E-state index in [0.717, 1.165) is 12.1 Å². The number of nitrogens with one attached hydrogen (secondary N) is 2. The van der Waals surface area contributed by atoms with E-state index in [2.05, 4.69) is 10.3 Å². The molecule has 12 heavy (non-hydrogen) atoms. The van der Waals surface area contributed by atoms with Crippen LogP contribution in [0, 0.1) is 5.41 Å². The molecule has 0 atom stereocenters. The topological polar surface area (TPSA) is 74.8 Å². The Hall–Kier alpha value is -1.42. The summed E-state index contributed by atoms with van der Waals surface area (Å²) in [5.41, 5.74) is 7.00. The fraction of sp³-hybridized carbons (Fsp3) is 0.250. The molecule has 4 N–H and O–H groups in total. The van der Waals surface area contributed by atoms with Crippen molar-refractivity contribution in [2.75, 3.05) is 7.05 Å². The molecule has 0 unspecified atom stereocenters. The summed E-state index contributed by atoms with van der Waals surface area (Å²) in [5, 5.41) is 10.2. The lowest BCUT2D eigenvalue weighted by Gasteiger charge is -2.01. The summed E-state index contributed by atoms with van der Waals surface area (Å²) in [7, 11) is 1.86. The SMILES string of the molecule is CNCc1cncc(C(=N)N)c1. The van der Waals surface area contributed by atoms with Crippen LogP contribution in [0.15, 0.2) is 18.5 Å². The number of pyridine rings is 1. The second kappa shape index (κ2) is 3.82. The summed E-state index contributed by atoms with van der Waals surface area (Å²) >= 11 is 0. The number of hydrogen-bond acceptors (Lipinski definition) is 3. The number of nitrogens with zero attached hydrogens (tertiary/aromatic N) is 1. The van der Waals surface area contributed by atoms with Gasteiger partial charge in [-0.1, -0.05) is 0 Å². The average molecular weight is 164 g/mol. The highest BCUT2D eigenvalue weighted by molar-refractivity contribution is 5.94. The van der Waals surface area contributed by atoms with E-state index in [-0.39, 0.29) is 5.84 Å². The fourth-order valence-electron chi connectivity index (χ4n) is 0.936. The molecule has 1 aromatic rings. The predicted octanol–water partition coefficient (Wildman–Crippen LogP) is 0.0851. The van der Waals surface area contributed by atoms with Crippen molar-refractivity contribution in [2.45, 2.75) is 6.54 Å². The molecule has 0 amide bonds. The van der Waals surface area contributed by atoms with Crippen LogP contribution < -0.4 is 11.1 Å². The molecule has 4 nitrogen and oxygen atoms in total. The number of rotatable bonds is 3. The first kappa shape index (κ1) is 8.67. The largest absolute Gasteiger partial charge is 0.384 e. The Morgan fingerprint density at radius 1 is 1.67 bits per heavy atom. The highest BCUT2D eigenvalue weighted by atomic mass is 14.8. The lowest BCUT2D eigenvalue weighted by molar-refractivity contribution is 0.813. The van der Waals surface area contributed by atoms with Crippen LogP contribution in [-0.2, 0) is 6.54 Å². The summed E-state index contributed by atoms with van der Waals surface area (Å²) in [6.45, 7) is 0.744. The summed E-state index contributed by atoms with van der Waals surface area (Å²) in [6, 6.07) is 1.85. The monoisotopic (exact) mass is 164 g/mol. The van der Waals surface area contributed by atoms with Gasteiger partial charge in [0, 0.05) is 24.5 Å². The molecule has 0 aromatic carbocycles. The molecule has 1 rings (SSSR count). The van der Waals surface area contributed by atoms with Crippen molar-refractivity contribution in [1.29, 1.82) is 5.41 Å². The maximum absolute atomic E-state index is 7.18. The first-order chi connectivity index (χ1) is 5.74. The molecule has 0 aliphatic rings. The smallest absolute Gasteiger partial charge is 0.124 e. The van der Waals surface area contributed by atoms with Gasteiger partial charge in [0.05, 0.1) is 0 Å². The molecule has 0 radical (unpaired) electrons. The van der Waals surface area contributed by atoms with Gasteiger partial charge >= 0.3 is 0 Å². The Morgan fingerprint density at radius 2 is 2.42 bits per heavy atom. The van der Waals surface area contributed by atoms with Crippen LogP contribution in [0.4, 0.5) is 0 Å². The van der Waals surface area contributed by atoms with Gasteiger partial charge in [0.25, 0.3) is 0 Å². The van der Waals surface area contributed by atoms with E-state index < -0.39 is 0 Å². The Balaban J connectivity index is 2.88. The second-order valence-electron chi connectivity index (χ2n) is 2.53. The molecule has 0 aliphatic heterocycles. The quantitative estimate of drug-likeness (QED) is 0.437. The van der Waals surface area contributed by atoms with Gasteiger partial charge in [-0.05, 0) is 18.7 Å². The summed E-state index contributed by atoms with van der Waals surface area (Å²) in [6.07, 6.45) is 3.34. The summed E-state index contributed by atoms with van der Waals surface area (Å²) < 4.78 is 0. The molecule has 64 valence electrons. The van der Waals surface area contributed by atoms with Crippen LogP contribution in [0.25, 0.3) is 0 Å². The molecular weight excluding hydrogens is 152 g/mol. The summed E-state index contributed by atoms with van der Waals surface area (Å²) in [4.78, 5) is 3.96. The lowest BCUT2D eigenvalue weighted by Crippen LogP contribution is -2.13. The van der Waals surface area contributed by atoms with Crippen LogP contribution in [0.5, 0.6) is 0 Å². The fourth-order valence-corrected chi connectivity index (χ4v) is 0.936. The van der Waals surface area contributed by atoms with E-state index in [4.69, 9.17) is 11.1 Å². The minimum Gasteiger partial charge on any atom is -0.384 e. The normalized spacial score (nSPS) is 9.75. The molecule has 0 spiro atoms. The number of amidine groups is 1. The molecule has 0 fully saturated rings. The second-order valence-corrected chi connectivity index (χ2v) is 2.53. The van der Waals surface area contributed by atoms with Gasteiger partial charge in [-0.25, -0.2) is 0 Å². The van der Waals surface area contributed by atoms with Gasteiger partial charge < -0.3 is 11.1 Å². The van der Waals surface area contributed by atoms with Crippen LogP contribution in [0.2, 0.25) is 0 Å². The van der Waals surface area contributed by atoms with E-state index in [9.17, 15) is 0 Å². The van der Waals surface area contributed by atoms with E-state index >= 15 is 0 Å². The highest BCUT2D eigenvalue weighted by Crippen LogP contribution is 2.00. The van der Waals surface area contributed by atoms with Gasteiger partial charge in [0.15, 0.2) is 0 Å². The van der Waals surface area contributed by atoms with E-state index in [1.807, 2.05) is 13.1 Å². The lowest BCUT2D eigenvalue weighted by atomic mass is 10.2. The van der Waals surface area contributed by atoms with Crippen LogP contribution >= 0.6 is 0 Å². The predicted molar refractivity (Wildman–Crippen MR) is 48.0 cm³/mol. The van der Waals surface area contributed by atoms with Gasteiger partial charge in [0.1, 0.15) is 5.84 Å². The first-order valence-corrected chi connectivity index (χ1v) is 3.67. The van der Waals surface area contributed by atoms with Crippen molar-refractivity contribution >= 4 is 5.84 Å². The third-order valence-corrected chi connectivity index (χ3v) is 1.49. The maximum atomic E-state index is 7.18. The van der Waals surface area contributed by atoms with Gasteiger partial charge in [-0.15, -0.1) is 0 Å². The van der Waals surface area contributed by atoms with Crippen molar-refractivity contribution in [3.63, 3.8) is 0 Å². The number of nitrogens with two attached hydrogens (primary N) is 1. The molecule has 0 saturated carbocycles. The number of nitrogen functional groups attached to an aromatic ring is 1. The molecular formula is C8H12N4. The van der Waals surface area contributed by atoms with Gasteiger partial charge in [-0.3, -0.25) is 10.4 Å². The van der Waals surface area contributed by atoms with E-state index in [0.29, 0.717) is 5.56 Å². The van der Waals surface area contributed by atoms with E-state index in [1.165, 1.54) is 0 Å². The molecule has 1 aromatic heterocycles. The first-order valence-electron chi connectivity index (χ1n) is 3.67. The zero-order chi connectivity index (χ0) is 8.97. The minimum absolute atomic E-state index is 0.0560. The molecule has 0 bridgehead atoms. The molecule has 1 heterocycles. The Bertz CT molecular complexity index is 282. The number of hydrogen-bond donors (Lipinski definition) is 3. The zero-order valence-corrected chi connectivity index (χ0v) is 6.96. The zero-order valence-electron chi connectivity index (χ0n) is 6.96. The van der Waals surface area contributed by atoms with Crippen molar-refractivity contribution < 1.29 is 0 Å². The maximum Gasteiger partial charge on any atom is 0.124 e. The Labute approximate surface area is 71.3 Å². The van der Waals surface area contributed by atoms with Gasteiger partial charge in [0.2, 0.25) is 0 Å².